The third-order valence-corrected chi connectivity index (χ3v) is 2.47. The number of aliphatic hydroxyl groups excluding tert-OH is 1. The van der Waals surface area contributed by atoms with Gasteiger partial charge in [-0.05, 0) is 6.42 Å². The molecule has 2 unspecified atom stereocenters. The maximum atomic E-state index is 11.3. The van der Waals surface area contributed by atoms with Crippen molar-refractivity contribution in [2.24, 2.45) is 11.8 Å². The van der Waals surface area contributed by atoms with E-state index in [4.69, 9.17) is 5.11 Å². The van der Waals surface area contributed by atoms with E-state index in [0.717, 1.165) is 12.1 Å². The molecule has 0 bridgehead atoms. The van der Waals surface area contributed by atoms with E-state index in [1.807, 2.05) is 0 Å². The van der Waals surface area contributed by atoms with Gasteiger partial charge in [0.1, 0.15) is 0 Å². The van der Waals surface area contributed by atoms with E-state index in [2.05, 4.69) is 6.58 Å². The molecule has 1 saturated heterocycles. The molecule has 0 aromatic carbocycles. The van der Waals surface area contributed by atoms with Crippen LogP contribution in [-0.2, 0) is 4.79 Å². The molecule has 2 atom stereocenters. The highest BCUT2D eigenvalue weighted by Crippen LogP contribution is 2.51. The summed E-state index contributed by atoms with van der Waals surface area (Å²) in [7, 11) is 0. The summed E-state index contributed by atoms with van der Waals surface area (Å²) in [4.78, 5) is 12.9. The first-order chi connectivity index (χ1) is 5.25. The SMILES string of the molecule is C=C1C2CC2C(=O)N1CCO. The van der Waals surface area contributed by atoms with Crippen LogP contribution in [0, 0.1) is 11.8 Å². The zero-order valence-electron chi connectivity index (χ0n) is 6.29. The molecule has 60 valence electrons. The monoisotopic (exact) mass is 153 g/mol. The van der Waals surface area contributed by atoms with Crippen molar-refractivity contribution in [2.75, 3.05) is 13.2 Å². The van der Waals surface area contributed by atoms with Gasteiger partial charge in [-0.2, -0.15) is 0 Å². The maximum Gasteiger partial charge on any atom is 0.230 e. The van der Waals surface area contributed by atoms with Crippen molar-refractivity contribution in [3.8, 4) is 0 Å². The highest BCUT2D eigenvalue weighted by molar-refractivity contribution is 5.87. The van der Waals surface area contributed by atoms with Crippen LogP contribution >= 0.6 is 0 Å². The van der Waals surface area contributed by atoms with Crippen molar-refractivity contribution in [1.82, 2.24) is 4.90 Å². The summed E-state index contributed by atoms with van der Waals surface area (Å²) < 4.78 is 0. The van der Waals surface area contributed by atoms with Crippen molar-refractivity contribution >= 4 is 5.91 Å². The van der Waals surface area contributed by atoms with Crippen LogP contribution in [0.2, 0.25) is 0 Å². The number of fused-ring (bicyclic) bond motifs is 1. The van der Waals surface area contributed by atoms with Crippen LogP contribution in [0.25, 0.3) is 0 Å². The van der Waals surface area contributed by atoms with Crippen molar-refractivity contribution in [3.63, 3.8) is 0 Å². The van der Waals surface area contributed by atoms with Crippen LogP contribution in [0.3, 0.4) is 0 Å². The molecule has 11 heavy (non-hydrogen) atoms. The lowest BCUT2D eigenvalue weighted by Gasteiger charge is -2.18. The topological polar surface area (TPSA) is 40.5 Å². The lowest BCUT2D eigenvalue weighted by atomic mass is 10.3. The van der Waals surface area contributed by atoms with Crippen LogP contribution in [0.5, 0.6) is 0 Å². The van der Waals surface area contributed by atoms with Gasteiger partial charge in [-0.15, -0.1) is 0 Å². The van der Waals surface area contributed by atoms with E-state index in [0.29, 0.717) is 12.5 Å². The normalized spacial score (nSPS) is 34.5. The van der Waals surface area contributed by atoms with E-state index in [1.165, 1.54) is 0 Å². The third-order valence-electron chi connectivity index (χ3n) is 2.47. The second-order valence-corrected chi connectivity index (χ2v) is 3.15. The van der Waals surface area contributed by atoms with Gasteiger partial charge in [0.15, 0.2) is 0 Å². The highest BCUT2D eigenvalue weighted by Gasteiger charge is 2.54. The van der Waals surface area contributed by atoms with E-state index in [9.17, 15) is 4.79 Å². The zero-order chi connectivity index (χ0) is 8.01. The van der Waals surface area contributed by atoms with Crippen LogP contribution in [0.1, 0.15) is 6.42 Å². The predicted octanol–water partition coefficient (Wildman–Crippen LogP) is -0.0293. The number of nitrogens with zero attached hydrogens (tertiary/aromatic N) is 1. The minimum absolute atomic E-state index is 0.0319. The molecule has 2 fully saturated rings. The first kappa shape index (κ1) is 6.85. The molecule has 0 spiro atoms. The first-order valence-electron chi connectivity index (χ1n) is 3.86. The molecule has 0 radical (unpaired) electrons. The summed E-state index contributed by atoms with van der Waals surface area (Å²) in [6.07, 6.45) is 0.986. The van der Waals surface area contributed by atoms with E-state index in [-0.39, 0.29) is 18.4 Å². The average molecular weight is 153 g/mol. The number of hydrogen-bond donors (Lipinski definition) is 1. The molecule has 1 heterocycles. The number of piperidine rings is 1. The molecule has 1 aliphatic heterocycles. The lowest BCUT2D eigenvalue weighted by molar-refractivity contribution is -0.129. The molecule has 0 aromatic rings. The van der Waals surface area contributed by atoms with Gasteiger partial charge in [0.2, 0.25) is 5.91 Å². The standard InChI is InChI=1S/C8H11NO2/c1-5-6-4-7(6)8(11)9(5)2-3-10/h6-7,10H,1-4H2. The van der Waals surface area contributed by atoms with Gasteiger partial charge in [-0.3, -0.25) is 4.79 Å². The second kappa shape index (κ2) is 2.08. The molecule has 1 amide bonds. The smallest absolute Gasteiger partial charge is 0.230 e. The van der Waals surface area contributed by atoms with Crippen molar-refractivity contribution in [3.05, 3.63) is 12.3 Å². The summed E-state index contributed by atoms with van der Waals surface area (Å²) in [6.45, 7) is 4.27. The van der Waals surface area contributed by atoms with E-state index < -0.39 is 0 Å². The van der Waals surface area contributed by atoms with Gasteiger partial charge < -0.3 is 10.0 Å². The molecule has 0 aromatic heterocycles. The number of carbonyl (C=O) groups is 1. The number of aliphatic hydroxyl groups is 1. The second-order valence-electron chi connectivity index (χ2n) is 3.15. The fraction of sp³-hybridized carbons (Fsp3) is 0.625. The summed E-state index contributed by atoms with van der Waals surface area (Å²) in [5, 5.41) is 8.63. The van der Waals surface area contributed by atoms with Gasteiger partial charge in [0.05, 0.1) is 6.61 Å². The predicted molar refractivity (Wildman–Crippen MR) is 39.5 cm³/mol. The summed E-state index contributed by atoms with van der Waals surface area (Å²) >= 11 is 0. The Hall–Kier alpha value is -0.830. The lowest BCUT2D eigenvalue weighted by Crippen LogP contribution is -2.29. The minimum Gasteiger partial charge on any atom is -0.395 e. The van der Waals surface area contributed by atoms with Gasteiger partial charge >= 0.3 is 0 Å². The largest absolute Gasteiger partial charge is 0.395 e. The Kier molecular flexibility index (Phi) is 1.29. The Morgan fingerprint density at radius 3 is 2.82 bits per heavy atom. The number of hydrogen-bond acceptors (Lipinski definition) is 2. The Balaban J connectivity index is 2.11. The highest BCUT2D eigenvalue weighted by atomic mass is 16.3. The number of carbonyl (C=O) groups excluding carboxylic acids is 1. The Bertz CT molecular complexity index is 204. The molecule has 3 heteroatoms. The molecular weight excluding hydrogens is 142 g/mol. The summed E-state index contributed by atoms with van der Waals surface area (Å²) in [5.41, 5.74) is 0.911. The molecule has 2 aliphatic rings. The summed E-state index contributed by atoms with van der Waals surface area (Å²) in [5.74, 6) is 0.789. The van der Waals surface area contributed by atoms with Crippen LogP contribution in [0.4, 0.5) is 0 Å². The Morgan fingerprint density at radius 2 is 2.36 bits per heavy atom. The molecule has 1 saturated carbocycles. The minimum atomic E-state index is 0.0319. The van der Waals surface area contributed by atoms with Crippen molar-refractivity contribution < 1.29 is 9.90 Å². The quantitative estimate of drug-likeness (QED) is 0.605. The molecule has 1 N–H and O–H groups in total. The van der Waals surface area contributed by atoms with E-state index in [1.54, 1.807) is 4.90 Å². The third kappa shape index (κ3) is 0.807. The number of likely N-dealkylation sites (tertiary alicyclic amines) is 1. The number of rotatable bonds is 2. The van der Waals surface area contributed by atoms with E-state index >= 15 is 0 Å². The van der Waals surface area contributed by atoms with Crippen LogP contribution in [0.15, 0.2) is 12.3 Å². The Labute approximate surface area is 65.3 Å². The maximum absolute atomic E-state index is 11.3. The van der Waals surface area contributed by atoms with Gasteiger partial charge in [0.25, 0.3) is 0 Å². The first-order valence-corrected chi connectivity index (χ1v) is 3.86. The number of β-amino-alcohol motifs (C(OH)–C–C–N with tert-alkyl or cyclic N) is 1. The fourth-order valence-corrected chi connectivity index (χ4v) is 1.73. The van der Waals surface area contributed by atoms with Crippen molar-refractivity contribution in [2.45, 2.75) is 6.42 Å². The molecule has 1 aliphatic carbocycles. The van der Waals surface area contributed by atoms with Gasteiger partial charge in [0, 0.05) is 24.1 Å². The van der Waals surface area contributed by atoms with Crippen molar-refractivity contribution in [1.29, 1.82) is 0 Å². The number of allylic oxidation sites excluding steroid dienone is 1. The number of amides is 1. The fourth-order valence-electron chi connectivity index (χ4n) is 1.73. The van der Waals surface area contributed by atoms with Gasteiger partial charge in [-0.1, -0.05) is 6.58 Å². The van der Waals surface area contributed by atoms with Crippen LogP contribution in [-0.4, -0.2) is 29.1 Å². The molecular formula is C8H11NO2. The summed E-state index contributed by atoms with van der Waals surface area (Å²) in [6, 6.07) is 0. The molecule has 3 nitrogen and oxygen atoms in total. The van der Waals surface area contributed by atoms with Gasteiger partial charge in [-0.25, -0.2) is 0 Å². The zero-order valence-corrected chi connectivity index (χ0v) is 6.29. The average Bonchev–Trinajstić information content (AvgIpc) is 2.71. The molecule has 2 rings (SSSR count). The Morgan fingerprint density at radius 1 is 1.64 bits per heavy atom. The van der Waals surface area contributed by atoms with Crippen LogP contribution < -0.4 is 0 Å².